The number of halogens is 2. The van der Waals surface area contributed by atoms with Crippen molar-refractivity contribution in [3.05, 3.63) is 69.7 Å². The van der Waals surface area contributed by atoms with Crippen LogP contribution >= 0.6 is 11.3 Å². The van der Waals surface area contributed by atoms with E-state index in [1.54, 1.807) is 36.3 Å². The van der Waals surface area contributed by atoms with E-state index < -0.39 is 17.5 Å². The topological polar surface area (TPSA) is 84.4 Å². The van der Waals surface area contributed by atoms with Crippen molar-refractivity contribution in [3.8, 4) is 5.75 Å². The lowest BCUT2D eigenvalue weighted by Gasteiger charge is -2.31. The molecule has 2 heterocycles. The summed E-state index contributed by atoms with van der Waals surface area (Å²) >= 11 is 1.14. The predicted molar refractivity (Wildman–Crippen MR) is 115 cm³/mol. The average molecular weight is 458 g/mol. The lowest BCUT2D eigenvalue weighted by molar-refractivity contribution is 0.0712. The molecule has 0 bridgehead atoms. The van der Waals surface area contributed by atoms with Crippen LogP contribution in [-0.2, 0) is 0 Å². The minimum atomic E-state index is -0.864. The number of hydrogen-bond donors (Lipinski definition) is 1. The van der Waals surface area contributed by atoms with Crippen LogP contribution in [0.15, 0.2) is 42.5 Å². The number of nitrogens with zero attached hydrogens (tertiary/aromatic N) is 3. The quantitative estimate of drug-likeness (QED) is 0.622. The summed E-state index contributed by atoms with van der Waals surface area (Å²) in [4.78, 5) is 26.9. The fraction of sp³-hybridized carbons (Fsp3) is 0.273. The monoisotopic (exact) mass is 458 g/mol. The number of carbonyl (C=O) groups excluding carboxylic acids is 2. The molecule has 1 fully saturated rings. The lowest BCUT2D eigenvalue weighted by Crippen LogP contribution is -2.37. The van der Waals surface area contributed by atoms with Crippen LogP contribution in [0.5, 0.6) is 5.75 Å². The van der Waals surface area contributed by atoms with Crippen LogP contribution in [-0.4, -0.2) is 47.1 Å². The molecule has 166 valence electrons. The molecule has 0 radical (unpaired) electrons. The number of piperidine rings is 1. The number of benzene rings is 2. The number of amides is 2. The van der Waals surface area contributed by atoms with Crippen molar-refractivity contribution in [3.63, 3.8) is 0 Å². The van der Waals surface area contributed by atoms with Crippen LogP contribution in [0.3, 0.4) is 0 Å². The van der Waals surface area contributed by atoms with Gasteiger partial charge in [0.05, 0.1) is 12.8 Å². The van der Waals surface area contributed by atoms with E-state index in [0.29, 0.717) is 48.3 Å². The fourth-order valence-electron chi connectivity index (χ4n) is 3.50. The molecule has 32 heavy (non-hydrogen) atoms. The average Bonchev–Trinajstić information content (AvgIpc) is 3.31. The Labute approximate surface area is 187 Å². The van der Waals surface area contributed by atoms with Gasteiger partial charge in [-0.1, -0.05) is 11.3 Å². The highest BCUT2D eigenvalue weighted by Gasteiger charge is 2.27. The Balaban J connectivity index is 1.35. The summed E-state index contributed by atoms with van der Waals surface area (Å²) in [5.74, 6) is -1.46. The largest absolute Gasteiger partial charge is 0.497 e. The molecule has 10 heteroatoms. The maximum absolute atomic E-state index is 13.8. The molecule has 1 aliphatic rings. The van der Waals surface area contributed by atoms with Crippen LogP contribution in [0.1, 0.15) is 43.9 Å². The van der Waals surface area contributed by atoms with E-state index in [9.17, 15) is 18.4 Å². The van der Waals surface area contributed by atoms with Gasteiger partial charge in [0, 0.05) is 30.6 Å². The van der Waals surface area contributed by atoms with Crippen LogP contribution in [0.2, 0.25) is 0 Å². The van der Waals surface area contributed by atoms with Gasteiger partial charge in [0.2, 0.25) is 5.01 Å². The predicted octanol–water partition coefficient (Wildman–Crippen LogP) is 4.10. The third-order valence-corrected chi connectivity index (χ3v) is 6.37. The first-order valence-electron chi connectivity index (χ1n) is 9.97. The van der Waals surface area contributed by atoms with E-state index >= 15 is 0 Å². The van der Waals surface area contributed by atoms with Gasteiger partial charge in [-0.05, 0) is 49.2 Å². The number of anilines is 1. The lowest BCUT2D eigenvalue weighted by atomic mass is 9.97. The molecular formula is C22H20F2N4O3S. The van der Waals surface area contributed by atoms with Gasteiger partial charge in [-0.25, -0.2) is 8.78 Å². The van der Waals surface area contributed by atoms with Crippen LogP contribution in [0.25, 0.3) is 0 Å². The van der Waals surface area contributed by atoms with Gasteiger partial charge < -0.3 is 15.0 Å². The molecule has 0 unspecified atom stereocenters. The SMILES string of the molecule is COc1ccc(C(=O)N2CCC(c3nnc(C(=O)Nc4ccc(F)cc4F)s3)CC2)cc1. The zero-order valence-electron chi connectivity index (χ0n) is 17.2. The van der Waals surface area contributed by atoms with Gasteiger partial charge in [0.15, 0.2) is 0 Å². The third-order valence-electron chi connectivity index (χ3n) is 5.28. The third kappa shape index (κ3) is 4.75. The molecular weight excluding hydrogens is 438 g/mol. The van der Waals surface area contributed by atoms with Gasteiger partial charge in [-0.15, -0.1) is 10.2 Å². The molecule has 0 atom stereocenters. The normalized spacial score (nSPS) is 14.3. The molecule has 2 aromatic carbocycles. The van der Waals surface area contributed by atoms with E-state index in [0.717, 1.165) is 23.5 Å². The van der Waals surface area contributed by atoms with Crippen molar-refractivity contribution in [2.75, 3.05) is 25.5 Å². The highest BCUT2D eigenvalue weighted by Crippen LogP contribution is 2.31. The van der Waals surface area contributed by atoms with Crippen molar-refractivity contribution in [1.29, 1.82) is 0 Å². The van der Waals surface area contributed by atoms with Crippen molar-refractivity contribution in [2.24, 2.45) is 0 Å². The molecule has 1 saturated heterocycles. The van der Waals surface area contributed by atoms with E-state index in [2.05, 4.69) is 15.5 Å². The highest BCUT2D eigenvalue weighted by molar-refractivity contribution is 7.13. The number of ether oxygens (including phenoxy) is 1. The smallest absolute Gasteiger partial charge is 0.286 e. The summed E-state index contributed by atoms with van der Waals surface area (Å²) in [6.45, 7) is 1.13. The second-order valence-electron chi connectivity index (χ2n) is 7.32. The number of aromatic nitrogens is 2. The second kappa shape index (κ2) is 9.39. The van der Waals surface area contributed by atoms with E-state index in [-0.39, 0.29) is 22.5 Å². The molecule has 0 aliphatic carbocycles. The van der Waals surface area contributed by atoms with Crippen molar-refractivity contribution < 1.29 is 23.1 Å². The van der Waals surface area contributed by atoms with Crippen molar-refractivity contribution in [1.82, 2.24) is 15.1 Å². The number of rotatable bonds is 5. The number of methoxy groups -OCH3 is 1. The summed E-state index contributed by atoms with van der Waals surface area (Å²) in [7, 11) is 1.57. The molecule has 4 rings (SSSR count). The van der Waals surface area contributed by atoms with Gasteiger partial charge in [0.1, 0.15) is 22.4 Å². The van der Waals surface area contributed by atoms with E-state index in [4.69, 9.17) is 4.74 Å². The minimum Gasteiger partial charge on any atom is -0.497 e. The first-order chi connectivity index (χ1) is 15.4. The summed E-state index contributed by atoms with van der Waals surface area (Å²) in [6, 6.07) is 9.91. The van der Waals surface area contributed by atoms with Gasteiger partial charge in [-0.3, -0.25) is 9.59 Å². The molecule has 0 spiro atoms. The molecule has 3 aromatic rings. The summed E-state index contributed by atoms with van der Waals surface area (Å²) < 4.78 is 31.9. The Morgan fingerprint density at radius 1 is 1.09 bits per heavy atom. The first kappa shape index (κ1) is 21.8. The Bertz CT molecular complexity index is 1130. The molecule has 2 amide bonds. The number of carbonyl (C=O) groups is 2. The first-order valence-corrected chi connectivity index (χ1v) is 10.8. The van der Waals surface area contributed by atoms with Gasteiger partial charge in [-0.2, -0.15) is 0 Å². The second-order valence-corrected chi connectivity index (χ2v) is 8.33. The molecule has 1 N–H and O–H groups in total. The Morgan fingerprint density at radius 3 is 2.47 bits per heavy atom. The van der Waals surface area contributed by atoms with Crippen LogP contribution < -0.4 is 10.1 Å². The summed E-state index contributed by atoms with van der Waals surface area (Å²) in [6.07, 6.45) is 1.40. The minimum absolute atomic E-state index is 0.0373. The van der Waals surface area contributed by atoms with Gasteiger partial charge in [0.25, 0.3) is 11.8 Å². The van der Waals surface area contributed by atoms with Crippen LogP contribution in [0, 0.1) is 11.6 Å². The molecule has 0 saturated carbocycles. The maximum atomic E-state index is 13.8. The standard InChI is InChI=1S/C22H20F2N4O3S/c1-31-16-5-2-14(3-6-16)22(30)28-10-8-13(9-11-28)20-26-27-21(32-20)19(29)25-18-7-4-15(23)12-17(18)24/h2-7,12-13H,8-11H2,1H3,(H,25,29). The Hall–Kier alpha value is -3.40. The zero-order valence-corrected chi connectivity index (χ0v) is 18.0. The molecule has 1 aromatic heterocycles. The van der Waals surface area contributed by atoms with Crippen LogP contribution in [0.4, 0.5) is 14.5 Å². The number of likely N-dealkylation sites (tertiary alicyclic amines) is 1. The van der Waals surface area contributed by atoms with Gasteiger partial charge >= 0.3 is 0 Å². The molecule has 7 nitrogen and oxygen atoms in total. The van der Waals surface area contributed by atoms with Crippen molar-refractivity contribution >= 4 is 28.8 Å². The Morgan fingerprint density at radius 2 is 1.81 bits per heavy atom. The zero-order chi connectivity index (χ0) is 22.7. The Kier molecular flexibility index (Phi) is 6.40. The summed E-state index contributed by atoms with van der Waals surface area (Å²) in [5, 5.41) is 11.2. The van der Waals surface area contributed by atoms with Crippen molar-refractivity contribution in [2.45, 2.75) is 18.8 Å². The molecule has 1 aliphatic heterocycles. The summed E-state index contributed by atoms with van der Waals surface area (Å²) in [5.41, 5.74) is 0.477. The fourth-order valence-corrected chi connectivity index (χ4v) is 4.41. The number of hydrogen-bond acceptors (Lipinski definition) is 6. The maximum Gasteiger partial charge on any atom is 0.286 e. The number of nitrogens with one attached hydrogen (secondary N) is 1. The van der Waals surface area contributed by atoms with E-state index in [1.165, 1.54) is 0 Å². The van der Waals surface area contributed by atoms with E-state index in [1.807, 2.05) is 0 Å². The highest BCUT2D eigenvalue weighted by atomic mass is 32.1.